The van der Waals surface area contributed by atoms with Crippen LogP contribution in [0.2, 0.25) is 0 Å². The number of thiol groups is 1. The predicted molar refractivity (Wildman–Crippen MR) is 88.7 cm³/mol. The van der Waals surface area contributed by atoms with Crippen LogP contribution < -0.4 is 5.73 Å². The van der Waals surface area contributed by atoms with Crippen LogP contribution in [-0.2, 0) is 0 Å². The van der Waals surface area contributed by atoms with Crippen LogP contribution in [0.25, 0.3) is 0 Å². The minimum Gasteiger partial charge on any atom is -0.401 e. The van der Waals surface area contributed by atoms with Crippen LogP contribution in [0.5, 0.6) is 0 Å². The molecule has 0 radical (unpaired) electrons. The molecule has 0 fully saturated rings. The van der Waals surface area contributed by atoms with Gasteiger partial charge >= 0.3 is 6.18 Å². The highest BCUT2D eigenvalue weighted by molar-refractivity contribution is 7.80. The highest BCUT2D eigenvalue weighted by Crippen LogP contribution is 2.32. The van der Waals surface area contributed by atoms with Crippen molar-refractivity contribution >= 4 is 24.7 Å². The normalized spacial score (nSPS) is 27.9. The van der Waals surface area contributed by atoms with Gasteiger partial charge in [-0.25, -0.2) is 4.99 Å². The molecule has 0 aliphatic carbocycles. The molecule has 4 atom stereocenters. The minimum absolute atomic E-state index is 0.0436. The lowest BCUT2D eigenvalue weighted by molar-refractivity contribution is -0.0868. The van der Waals surface area contributed by atoms with Crippen LogP contribution in [-0.4, -0.2) is 29.5 Å². The molecule has 0 aromatic carbocycles. The molecule has 0 bridgehead atoms. The first-order valence-corrected chi connectivity index (χ1v) is 7.96. The monoisotopic (exact) mass is 335 g/mol. The number of halogens is 3. The number of allylic oxidation sites excluding steroid dienone is 2. The first kappa shape index (κ1) is 19.1. The van der Waals surface area contributed by atoms with Gasteiger partial charge in [0.1, 0.15) is 5.84 Å². The average molecular weight is 335 g/mol. The standard InChI is InChI=1S/C15H24F3N3S/c1-5-11(22)6-8(2)21-14-10(4)9(3)13(19)12(7-20-14)15(16,17)18/h7-11,22H,5-6,19H2,1-4H3. The van der Waals surface area contributed by atoms with Crippen molar-refractivity contribution < 1.29 is 13.2 Å². The molecule has 1 aliphatic heterocycles. The molecular formula is C15H24F3N3S. The lowest BCUT2D eigenvalue weighted by Gasteiger charge is -2.21. The lowest BCUT2D eigenvalue weighted by Crippen LogP contribution is -2.26. The molecule has 0 aromatic heterocycles. The fourth-order valence-corrected chi connectivity index (χ4v) is 2.59. The Morgan fingerprint density at radius 1 is 1.36 bits per heavy atom. The number of nitrogens with zero attached hydrogens (tertiary/aromatic N) is 2. The number of amidine groups is 1. The molecule has 2 N–H and O–H groups in total. The van der Waals surface area contributed by atoms with E-state index in [-0.39, 0.29) is 22.9 Å². The van der Waals surface area contributed by atoms with Crippen LogP contribution in [0.3, 0.4) is 0 Å². The first-order valence-electron chi connectivity index (χ1n) is 7.44. The molecule has 22 heavy (non-hydrogen) atoms. The largest absolute Gasteiger partial charge is 0.419 e. The van der Waals surface area contributed by atoms with Crippen molar-refractivity contribution in [3.63, 3.8) is 0 Å². The van der Waals surface area contributed by atoms with Crippen LogP contribution in [0.15, 0.2) is 21.3 Å². The summed E-state index contributed by atoms with van der Waals surface area (Å²) < 4.78 is 39.0. The van der Waals surface area contributed by atoms with Crippen LogP contribution in [0, 0.1) is 11.8 Å². The summed E-state index contributed by atoms with van der Waals surface area (Å²) in [7, 11) is 0. The Hall–Kier alpha value is -0.980. The van der Waals surface area contributed by atoms with E-state index in [1.165, 1.54) is 0 Å². The number of nitrogens with two attached hydrogens (primary N) is 1. The van der Waals surface area contributed by atoms with Gasteiger partial charge < -0.3 is 5.73 Å². The topological polar surface area (TPSA) is 50.7 Å². The zero-order valence-electron chi connectivity index (χ0n) is 13.4. The lowest BCUT2D eigenvalue weighted by atomic mass is 9.90. The molecule has 126 valence electrons. The van der Waals surface area contributed by atoms with Gasteiger partial charge in [-0.3, -0.25) is 4.99 Å². The van der Waals surface area contributed by atoms with Gasteiger partial charge in [-0.05, 0) is 19.8 Å². The Labute approximate surface area is 135 Å². The molecule has 3 nitrogen and oxygen atoms in total. The number of hydrogen-bond acceptors (Lipinski definition) is 3. The molecule has 0 saturated heterocycles. The number of aliphatic imine (C=N–C) groups is 2. The summed E-state index contributed by atoms with van der Waals surface area (Å²) in [4.78, 5) is 8.45. The van der Waals surface area contributed by atoms with Crippen molar-refractivity contribution in [2.24, 2.45) is 27.6 Å². The Balaban J connectivity index is 3.07. The Morgan fingerprint density at radius 2 is 1.95 bits per heavy atom. The van der Waals surface area contributed by atoms with Gasteiger partial charge in [-0.2, -0.15) is 25.8 Å². The van der Waals surface area contributed by atoms with E-state index in [9.17, 15) is 13.2 Å². The van der Waals surface area contributed by atoms with E-state index in [2.05, 4.69) is 22.6 Å². The maximum absolute atomic E-state index is 13.0. The van der Waals surface area contributed by atoms with E-state index in [1.54, 1.807) is 13.8 Å². The summed E-state index contributed by atoms with van der Waals surface area (Å²) in [6.45, 7) is 7.43. The third-order valence-corrected chi connectivity index (χ3v) is 4.60. The summed E-state index contributed by atoms with van der Waals surface area (Å²) in [5, 5.41) is 0.218. The summed E-state index contributed by atoms with van der Waals surface area (Å²) in [6, 6.07) is -0.0436. The Kier molecular flexibility index (Phi) is 6.52. The third-order valence-electron chi connectivity index (χ3n) is 4.03. The van der Waals surface area contributed by atoms with Crippen molar-refractivity contribution in [3.05, 3.63) is 11.3 Å². The van der Waals surface area contributed by atoms with Gasteiger partial charge in [0.15, 0.2) is 0 Å². The van der Waals surface area contributed by atoms with Crippen LogP contribution >= 0.6 is 12.6 Å². The number of alkyl halides is 3. The summed E-state index contributed by atoms with van der Waals surface area (Å²) in [5.41, 5.74) is 4.65. The average Bonchev–Trinajstić information content (AvgIpc) is 2.51. The van der Waals surface area contributed by atoms with Crippen LogP contribution in [0.4, 0.5) is 13.2 Å². The second-order valence-corrected chi connectivity index (χ2v) is 6.57. The van der Waals surface area contributed by atoms with Gasteiger partial charge in [0, 0.05) is 29.0 Å². The van der Waals surface area contributed by atoms with E-state index in [0.717, 1.165) is 19.1 Å². The second kappa shape index (κ2) is 7.53. The number of rotatable bonds is 4. The maximum atomic E-state index is 13.0. The molecule has 1 heterocycles. The summed E-state index contributed by atoms with van der Waals surface area (Å²) in [6.07, 6.45) is -2.02. The molecule has 0 spiro atoms. The van der Waals surface area contributed by atoms with Crippen LogP contribution in [0.1, 0.15) is 40.5 Å². The van der Waals surface area contributed by atoms with Gasteiger partial charge in [-0.15, -0.1) is 0 Å². The fourth-order valence-electron chi connectivity index (χ4n) is 2.29. The molecule has 1 rings (SSSR count). The SMILES string of the molecule is CCC(S)CC(C)N=C1N=CC(C(F)(F)F)=C(N)C(C)C1C. The Bertz CT molecular complexity index is 483. The first-order chi connectivity index (χ1) is 10.1. The fraction of sp³-hybridized carbons (Fsp3) is 0.733. The molecule has 0 saturated carbocycles. The number of hydrogen-bond donors (Lipinski definition) is 2. The second-order valence-electron chi connectivity index (χ2n) is 5.84. The molecule has 0 amide bonds. The van der Waals surface area contributed by atoms with E-state index in [1.807, 2.05) is 13.8 Å². The van der Waals surface area contributed by atoms with Gasteiger partial charge in [0.2, 0.25) is 0 Å². The minimum atomic E-state index is -4.50. The van der Waals surface area contributed by atoms with Crippen molar-refractivity contribution in [3.8, 4) is 0 Å². The Morgan fingerprint density at radius 3 is 2.45 bits per heavy atom. The zero-order valence-corrected chi connectivity index (χ0v) is 14.2. The molecule has 0 aromatic rings. The van der Waals surface area contributed by atoms with E-state index in [0.29, 0.717) is 5.84 Å². The molecule has 7 heteroatoms. The van der Waals surface area contributed by atoms with E-state index >= 15 is 0 Å². The highest BCUT2D eigenvalue weighted by atomic mass is 32.1. The van der Waals surface area contributed by atoms with Crippen molar-refractivity contribution in [1.29, 1.82) is 0 Å². The highest BCUT2D eigenvalue weighted by Gasteiger charge is 2.38. The van der Waals surface area contributed by atoms with Crippen molar-refractivity contribution in [2.75, 3.05) is 0 Å². The third kappa shape index (κ3) is 4.76. The zero-order chi connectivity index (χ0) is 17.1. The van der Waals surface area contributed by atoms with Gasteiger partial charge in [0.25, 0.3) is 0 Å². The summed E-state index contributed by atoms with van der Waals surface area (Å²) >= 11 is 4.43. The summed E-state index contributed by atoms with van der Waals surface area (Å²) in [5.74, 6) is -0.319. The smallest absolute Gasteiger partial charge is 0.401 e. The van der Waals surface area contributed by atoms with E-state index < -0.39 is 17.7 Å². The van der Waals surface area contributed by atoms with E-state index in [4.69, 9.17) is 5.73 Å². The quantitative estimate of drug-likeness (QED) is 0.750. The predicted octanol–water partition coefficient (Wildman–Crippen LogP) is 4.00. The molecular weight excluding hydrogens is 311 g/mol. The van der Waals surface area contributed by atoms with Crippen molar-refractivity contribution in [1.82, 2.24) is 0 Å². The van der Waals surface area contributed by atoms with Gasteiger partial charge in [-0.1, -0.05) is 20.8 Å². The maximum Gasteiger partial charge on any atom is 0.419 e. The molecule has 1 aliphatic rings. The van der Waals surface area contributed by atoms with Gasteiger partial charge in [0.05, 0.1) is 11.6 Å². The molecule has 4 unspecified atom stereocenters. The van der Waals surface area contributed by atoms with Crippen molar-refractivity contribution in [2.45, 2.75) is 58.0 Å².